The van der Waals surface area contributed by atoms with Gasteiger partial charge >= 0.3 is 11.8 Å². The summed E-state index contributed by atoms with van der Waals surface area (Å²) in [5.74, 6) is -1.70. The van der Waals surface area contributed by atoms with Crippen molar-refractivity contribution in [1.29, 1.82) is 0 Å². The van der Waals surface area contributed by atoms with Gasteiger partial charge in [-0.15, -0.1) is 0 Å². The number of hydrazone groups is 1. The molecule has 8 nitrogen and oxygen atoms in total. The number of hydrogen-bond donors (Lipinski definition) is 2. The van der Waals surface area contributed by atoms with E-state index in [0.717, 1.165) is 0 Å². The molecule has 0 aliphatic carbocycles. The number of nitrogens with one attached hydrogen (secondary N) is 2. The van der Waals surface area contributed by atoms with Gasteiger partial charge in [-0.25, -0.2) is 5.43 Å². The summed E-state index contributed by atoms with van der Waals surface area (Å²) >= 11 is 0. The lowest BCUT2D eigenvalue weighted by Crippen LogP contribution is -2.35. The maximum Gasteiger partial charge on any atom is 0.329 e. The third kappa shape index (κ3) is 3.67. The molecule has 0 atom stereocenters. The summed E-state index contributed by atoms with van der Waals surface area (Å²) in [6, 6.07) is 5.55. The van der Waals surface area contributed by atoms with Crippen molar-refractivity contribution in [2.75, 3.05) is 7.05 Å². The molecule has 18 heavy (non-hydrogen) atoms. The molecule has 8 heteroatoms. The number of rotatable bonds is 3. The Morgan fingerprint density at radius 2 is 1.89 bits per heavy atom. The van der Waals surface area contributed by atoms with E-state index in [1.165, 1.54) is 37.5 Å². The van der Waals surface area contributed by atoms with E-state index in [4.69, 9.17) is 0 Å². The number of nitrogens with zero attached hydrogens (tertiary/aromatic N) is 2. The van der Waals surface area contributed by atoms with Crippen LogP contribution in [0.25, 0.3) is 0 Å². The molecule has 1 aromatic rings. The van der Waals surface area contributed by atoms with Crippen molar-refractivity contribution in [3.05, 3.63) is 39.9 Å². The van der Waals surface area contributed by atoms with Crippen molar-refractivity contribution in [2.24, 2.45) is 5.10 Å². The second-order valence-corrected chi connectivity index (χ2v) is 3.13. The van der Waals surface area contributed by atoms with Gasteiger partial charge in [-0.05, 0) is 17.7 Å². The average molecular weight is 250 g/mol. The minimum absolute atomic E-state index is 0.0402. The van der Waals surface area contributed by atoms with E-state index < -0.39 is 16.7 Å². The molecule has 0 aliphatic heterocycles. The molecular weight excluding hydrogens is 240 g/mol. The standard InChI is InChI=1S/C10H10N4O4/c1-11-9(15)10(16)13-12-6-7-2-4-8(5-3-7)14(17)18/h2-6H,1H3,(H,11,15)(H,13,16)/b12-6+. The van der Waals surface area contributed by atoms with Gasteiger partial charge in [0.1, 0.15) is 0 Å². The SMILES string of the molecule is CNC(=O)C(=O)N/N=C/c1ccc([N+](=O)[O-])cc1. The van der Waals surface area contributed by atoms with Crippen LogP contribution in [-0.4, -0.2) is 30.0 Å². The van der Waals surface area contributed by atoms with Crippen LogP contribution in [0.15, 0.2) is 29.4 Å². The lowest BCUT2D eigenvalue weighted by Gasteiger charge is -1.97. The first-order valence-corrected chi connectivity index (χ1v) is 4.84. The second-order valence-electron chi connectivity index (χ2n) is 3.13. The highest BCUT2D eigenvalue weighted by Crippen LogP contribution is 2.10. The van der Waals surface area contributed by atoms with Crippen LogP contribution >= 0.6 is 0 Å². The first-order chi connectivity index (χ1) is 8.54. The van der Waals surface area contributed by atoms with Gasteiger partial charge in [0.05, 0.1) is 11.1 Å². The zero-order chi connectivity index (χ0) is 13.5. The zero-order valence-corrected chi connectivity index (χ0v) is 9.41. The van der Waals surface area contributed by atoms with Gasteiger partial charge in [0.15, 0.2) is 0 Å². The molecule has 94 valence electrons. The quantitative estimate of drug-likeness (QED) is 0.334. The minimum Gasteiger partial charge on any atom is -0.351 e. The second kappa shape index (κ2) is 6.09. The van der Waals surface area contributed by atoms with Crippen molar-refractivity contribution >= 4 is 23.7 Å². The summed E-state index contributed by atoms with van der Waals surface area (Å²) in [7, 11) is 1.32. The van der Waals surface area contributed by atoms with Gasteiger partial charge in [0.25, 0.3) is 5.69 Å². The number of amides is 2. The number of carbonyl (C=O) groups excluding carboxylic acids is 2. The van der Waals surface area contributed by atoms with Crippen LogP contribution in [0.3, 0.4) is 0 Å². The number of carbonyl (C=O) groups is 2. The number of nitro benzene ring substituents is 1. The highest BCUT2D eigenvalue weighted by Gasteiger charge is 2.08. The molecule has 0 spiro atoms. The monoisotopic (exact) mass is 250 g/mol. The fourth-order valence-electron chi connectivity index (χ4n) is 1.01. The Balaban J connectivity index is 2.60. The third-order valence-electron chi connectivity index (χ3n) is 1.92. The molecule has 2 N–H and O–H groups in total. The number of hydrogen-bond acceptors (Lipinski definition) is 5. The van der Waals surface area contributed by atoms with E-state index >= 15 is 0 Å². The van der Waals surface area contributed by atoms with Crippen molar-refractivity contribution in [1.82, 2.24) is 10.7 Å². The predicted molar refractivity (Wildman–Crippen MR) is 62.9 cm³/mol. The van der Waals surface area contributed by atoms with Crippen LogP contribution < -0.4 is 10.7 Å². The summed E-state index contributed by atoms with van der Waals surface area (Å²) in [6.07, 6.45) is 1.27. The Hall–Kier alpha value is -2.77. The smallest absolute Gasteiger partial charge is 0.329 e. The Labute approximate surface area is 102 Å². The van der Waals surface area contributed by atoms with E-state index in [1.54, 1.807) is 0 Å². The van der Waals surface area contributed by atoms with Crippen LogP contribution in [0, 0.1) is 10.1 Å². The predicted octanol–water partition coefficient (Wildman–Crippen LogP) is -0.209. The van der Waals surface area contributed by atoms with Gasteiger partial charge < -0.3 is 5.32 Å². The molecule has 2 amide bonds. The molecule has 0 bridgehead atoms. The summed E-state index contributed by atoms with van der Waals surface area (Å²) in [4.78, 5) is 31.7. The Kier molecular flexibility index (Phi) is 4.50. The number of likely N-dealkylation sites (N-methyl/N-ethyl adjacent to an activating group) is 1. The van der Waals surface area contributed by atoms with E-state index in [0.29, 0.717) is 5.56 Å². The van der Waals surface area contributed by atoms with E-state index in [2.05, 4.69) is 10.4 Å². The Bertz CT molecular complexity index is 495. The summed E-state index contributed by atoms with van der Waals surface area (Å²) < 4.78 is 0. The highest BCUT2D eigenvalue weighted by molar-refractivity contribution is 6.34. The van der Waals surface area contributed by atoms with E-state index in [-0.39, 0.29) is 5.69 Å². The van der Waals surface area contributed by atoms with Crippen LogP contribution in [0.4, 0.5) is 5.69 Å². The van der Waals surface area contributed by atoms with Crippen molar-refractivity contribution in [3.63, 3.8) is 0 Å². The van der Waals surface area contributed by atoms with Crippen LogP contribution in [0.5, 0.6) is 0 Å². The molecule has 1 rings (SSSR count). The largest absolute Gasteiger partial charge is 0.351 e. The molecule has 0 aliphatic rings. The van der Waals surface area contributed by atoms with E-state index in [1.807, 2.05) is 5.43 Å². The van der Waals surface area contributed by atoms with Crippen LogP contribution in [0.2, 0.25) is 0 Å². The molecule has 0 radical (unpaired) electrons. The summed E-state index contributed by atoms with van der Waals surface area (Å²) in [5.41, 5.74) is 2.52. The molecule has 0 heterocycles. The molecule has 1 aromatic carbocycles. The van der Waals surface area contributed by atoms with Crippen molar-refractivity contribution in [3.8, 4) is 0 Å². The Morgan fingerprint density at radius 1 is 1.28 bits per heavy atom. The maximum absolute atomic E-state index is 11.0. The van der Waals surface area contributed by atoms with Crippen molar-refractivity contribution in [2.45, 2.75) is 0 Å². The molecular formula is C10H10N4O4. The maximum atomic E-state index is 11.0. The van der Waals surface area contributed by atoms with Crippen molar-refractivity contribution < 1.29 is 14.5 Å². The molecule has 0 fully saturated rings. The molecule has 0 saturated carbocycles. The van der Waals surface area contributed by atoms with Gasteiger partial charge in [0.2, 0.25) is 0 Å². The number of nitro groups is 1. The number of benzene rings is 1. The lowest BCUT2D eigenvalue weighted by molar-refractivity contribution is -0.384. The summed E-state index contributed by atoms with van der Waals surface area (Å²) in [5, 5.41) is 16.1. The third-order valence-corrected chi connectivity index (χ3v) is 1.92. The van der Waals surface area contributed by atoms with Crippen LogP contribution in [-0.2, 0) is 9.59 Å². The minimum atomic E-state index is -0.893. The van der Waals surface area contributed by atoms with Crippen LogP contribution in [0.1, 0.15) is 5.56 Å². The molecule has 0 saturated heterocycles. The summed E-state index contributed by atoms with van der Waals surface area (Å²) in [6.45, 7) is 0. The highest BCUT2D eigenvalue weighted by atomic mass is 16.6. The average Bonchev–Trinajstić information content (AvgIpc) is 2.38. The Morgan fingerprint density at radius 3 is 2.39 bits per heavy atom. The zero-order valence-electron chi connectivity index (χ0n) is 9.41. The fourth-order valence-corrected chi connectivity index (χ4v) is 1.01. The number of non-ortho nitro benzene ring substituents is 1. The first kappa shape index (κ1) is 13.3. The van der Waals surface area contributed by atoms with Gasteiger partial charge in [-0.2, -0.15) is 5.10 Å². The van der Waals surface area contributed by atoms with E-state index in [9.17, 15) is 19.7 Å². The topological polar surface area (TPSA) is 114 Å². The lowest BCUT2D eigenvalue weighted by atomic mass is 10.2. The van der Waals surface area contributed by atoms with Gasteiger partial charge in [-0.3, -0.25) is 19.7 Å². The van der Waals surface area contributed by atoms with Gasteiger partial charge in [0, 0.05) is 19.2 Å². The molecule has 0 aromatic heterocycles. The van der Waals surface area contributed by atoms with Gasteiger partial charge in [-0.1, -0.05) is 0 Å². The normalized spacial score (nSPS) is 10.1. The first-order valence-electron chi connectivity index (χ1n) is 4.84. The molecule has 0 unspecified atom stereocenters. The fraction of sp³-hybridized carbons (Fsp3) is 0.100.